The van der Waals surface area contributed by atoms with E-state index >= 15 is 0 Å². The predicted octanol–water partition coefficient (Wildman–Crippen LogP) is -1.90. The molecule has 0 fully saturated rings. The summed E-state index contributed by atoms with van der Waals surface area (Å²) in [6.07, 6.45) is 4.72. The number of amides is 4. The zero-order valence-electron chi connectivity index (χ0n) is 19.4. The number of carbonyl (C=O) groups excluding carboxylic acids is 4. The fourth-order valence-electron chi connectivity index (χ4n) is 2.96. The molecule has 0 aliphatic carbocycles. The fraction of sp³-hybridized carbons (Fsp3) is 0.600. The topological polar surface area (TPSA) is 222 Å². The zero-order chi connectivity index (χ0) is 25.8. The Morgan fingerprint density at radius 3 is 2.24 bits per heavy atom. The maximum atomic E-state index is 13.0. The van der Waals surface area contributed by atoms with Gasteiger partial charge in [0.1, 0.15) is 18.1 Å². The maximum Gasteiger partial charge on any atom is 0.326 e. The van der Waals surface area contributed by atoms with Crippen LogP contribution in [0, 0.1) is 5.92 Å². The van der Waals surface area contributed by atoms with Crippen LogP contribution in [0.5, 0.6) is 0 Å². The largest absolute Gasteiger partial charge is 0.480 e. The van der Waals surface area contributed by atoms with Gasteiger partial charge in [-0.3, -0.25) is 19.2 Å². The number of aromatic amines is 1. The van der Waals surface area contributed by atoms with E-state index in [1.165, 1.54) is 18.1 Å². The highest BCUT2D eigenvalue weighted by Crippen LogP contribution is 2.08. The van der Waals surface area contributed by atoms with Crippen LogP contribution in [0.15, 0.2) is 12.5 Å². The summed E-state index contributed by atoms with van der Waals surface area (Å²) in [4.78, 5) is 67.4. The van der Waals surface area contributed by atoms with E-state index in [1.54, 1.807) is 20.0 Å². The van der Waals surface area contributed by atoms with Gasteiger partial charge in [-0.2, -0.15) is 11.8 Å². The van der Waals surface area contributed by atoms with E-state index in [9.17, 15) is 29.1 Å². The first kappa shape index (κ1) is 28.9. The van der Waals surface area contributed by atoms with Crippen LogP contribution in [0.4, 0.5) is 0 Å². The summed E-state index contributed by atoms with van der Waals surface area (Å²) in [6.45, 7) is 3.31. The number of rotatable bonds is 15. The normalized spacial score (nSPS) is 14.5. The number of hydrogen-bond donors (Lipinski definition) is 7. The minimum absolute atomic E-state index is 0.191. The summed E-state index contributed by atoms with van der Waals surface area (Å²) in [6, 6.07) is -4.55. The molecule has 4 amide bonds. The molecule has 0 saturated carbocycles. The van der Waals surface area contributed by atoms with Crippen LogP contribution >= 0.6 is 11.8 Å². The van der Waals surface area contributed by atoms with Gasteiger partial charge in [-0.1, -0.05) is 13.8 Å². The van der Waals surface area contributed by atoms with Crippen LogP contribution in [0.25, 0.3) is 0 Å². The number of H-pyrrole nitrogens is 1. The van der Waals surface area contributed by atoms with Gasteiger partial charge >= 0.3 is 5.97 Å². The number of aliphatic carboxylic acids is 1. The number of hydrogen-bond acceptors (Lipinski definition) is 8. The lowest BCUT2D eigenvalue weighted by molar-refractivity contribution is -0.144. The molecule has 0 aliphatic heterocycles. The Hall–Kier alpha value is -3.13. The smallest absolute Gasteiger partial charge is 0.326 e. The van der Waals surface area contributed by atoms with Gasteiger partial charge in [0.2, 0.25) is 23.6 Å². The Kier molecular flexibility index (Phi) is 12.1. The van der Waals surface area contributed by atoms with Gasteiger partial charge in [-0.15, -0.1) is 0 Å². The van der Waals surface area contributed by atoms with Crippen molar-refractivity contribution in [3.63, 3.8) is 0 Å². The first-order valence-electron chi connectivity index (χ1n) is 10.6. The van der Waals surface area contributed by atoms with Crippen molar-refractivity contribution in [2.45, 2.75) is 57.3 Å². The number of thioether (sulfide) groups is 1. The minimum atomic E-state index is -1.53. The highest BCUT2D eigenvalue weighted by molar-refractivity contribution is 7.98. The number of carboxylic acid groups (broad SMARTS) is 1. The molecule has 9 N–H and O–H groups in total. The molecule has 1 aromatic heterocycles. The standard InChI is InChI=1S/C20H33N7O6S/c1-10(2)16(19(31)26-14(20(32)33)7-15(22)28)27-18(30)13(4-5-34-3)25-17(29)12(21)6-11-8-23-9-24-11/h8-10,12-14,16H,4-7,21H2,1-3H3,(H2,22,28)(H,23,24)(H,25,29)(H,26,31)(H,27,30)(H,32,33). The van der Waals surface area contributed by atoms with E-state index < -0.39 is 66.1 Å². The molecule has 0 bridgehead atoms. The molecule has 1 heterocycles. The Bertz CT molecular complexity index is 848. The molecule has 1 aromatic rings. The average Bonchev–Trinajstić information content (AvgIpc) is 3.26. The highest BCUT2D eigenvalue weighted by Gasteiger charge is 2.32. The molecule has 14 heteroatoms. The van der Waals surface area contributed by atoms with Crippen LogP contribution in [-0.2, 0) is 30.4 Å². The SMILES string of the molecule is CSCCC(NC(=O)C(N)Cc1cnc[nH]1)C(=O)NC(C(=O)NC(CC(N)=O)C(=O)O)C(C)C. The summed E-state index contributed by atoms with van der Waals surface area (Å²) in [5.41, 5.74) is 11.7. The van der Waals surface area contributed by atoms with Gasteiger partial charge in [0.15, 0.2) is 0 Å². The van der Waals surface area contributed by atoms with Crippen LogP contribution in [0.3, 0.4) is 0 Å². The third-order valence-electron chi connectivity index (χ3n) is 4.84. The molecule has 1 rings (SSSR count). The second-order valence-electron chi connectivity index (χ2n) is 8.03. The molecule has 0 saturated heterocycles. The number of carboxylic acids is 1. The quantitative estimate of drug-likeness (QED) is 0.143. The lowest BCUT2D eigenvalue weighted by Crippen LogP contribution is -2.58. The Morgan fingerprint density at radius 2 is 1.74 bits per heavy atom. The second-order valence-corrected chi connectivity index (χ2v) is 9.02. The molecule has 0 aromatic carbocycles. The molecular formula is C20H33N7O6S. The van der Waals surface area contributed by atoms with Crippen molar-refractivity contribution in [1.29, 1.82) is 0 Å². The van der Waals surface area contributed by atoms with Crippen LogP contribution < -0.4 is 27.4 Å². The first-order chi connectivity index (χ1) is 16.0. The lowest BCUT2D eigenvalue weighted by Gasteiger charge is -2.27. The van der Waals surface area contributed by atoms with Crippen molar-refractivity contribution in [2.75, 3.05) is 12.0 Å². The number of imidazole rings is 1. The number of nitrogens with two attached hydrogens (primary N) is 2. The molecule has 190 valence electrons. The van der Waals surface area contributed by atoms with Crippen molar-refractivity contribution in [3.8, 4) is 0 Å². The van der Waals surface area contributed by atoms with Gasteiger partial charge in [0.25, 0.3) is 0 Å². The summed E-state index contributed by atoms with van der Waals surface area (Å²) in [5, 5.41) is 16.6. The summed E-state index contributed by atoms with van der Waals surface area (Å²) >= 11 is 1.47. The van der Waals surface area contributed by atoms with E-state index in [1.807, 2.05) is 6.26 Å². The molecule has 0 radical (unpaired) electrons. The van der Waals surface area contributed by atoms with Crippen LogP contribution in [-0.4, -0.2) is 80.8 Å². The molecule has 34 heavy (non-hydrogen) atoms. The van der Waals surface area contributed by atoms with Crippen LogP contribution in [0.2, 0.25) is 0 Å². The zero-order valence-corrected chi connectivity index (χ0v) is 20.2. The predicted molar refractivity (Wildman–Crippen MR) is 125 cm³/mol. The minimum Gasteiger partial charge on any atom is -0.480 e. The van der Waals surface area contributed by atoms with Gasteiger partial charge < -0.3 is 37.5 Å². The molecule has 13 nitrogen and oxygen atoms in total. The third-order valence-corrected chi connectivity index (χ3v) is 5.49. The van der Waals surface area contributed by atoms with E-state index in [0.717, 1.165) is 0 Å². The van der Waals surface area contributed by atoms with Crippen molar-refractivity contribution in [3.05, 3.63) is 18.2 Å². The van der Waals surface area contributed by atoms with Crippen molar-refractivity contribution in [2.24, 2.45) is 17.4 Å². The average molecular weight is 500 g/mol. The molecule has 0 spiro atoms. The number of nitrogens with zero attached hydrogens (tertiary/aromatic N) is 1. The molecule has 0 aliphatic rings. The third kappa shape index (κ3) is 9.79. The Morgan fingerprint density at radius 1 is 1.09 bits per heavy atom. The maximum absolute atomic E-state index is 13.0. The number of aromatic nitrogens is 2. The van der Waals surface area contributed by atoms with E-state index in [2.05, 4.69) is 25.9 Å². The Balaban J connectivity index is 2.89. The fourth-order valence-corrected chi connectivity index (χ4v) is 3.43. The molecule has 4 atom stereocenters. The number of nitrogens with one attached hydrogen (secondary N) is 4. The summed E-state index contributed by atoms with van der Waals surface area (Å²) < 4.78 is 0. The number of primary amides is 1. The van der Waals surface area contributed by atoms with E-state index in [0.29, 0.717) is 11.4 Å². The molecule has 4 unspecified atom stereocenters. The van der Waals surface area contributed by atoms with Crippen molar-refractivity contribution >= 4 is 41.4 Å². The first-order valence-corrected chi connectivity index (χ1v) is 12.0. The Labute approximate surface area is 201 Å². The van der Waals surface area contributed by atoms with Gasteiger partial charge in [-0.05, 0) is 24.3 Å². The van der Waals surface area contributed by atoms with Crippen LogP contribution in [0.1, 0.15) is 32.4 Å². The highest BCUT2D eigenvalue weighted by atomic mass is 32.2. The molecular weight excluding hydrogens is 466 g/mol. The van der Waals surface area contributed by atoms with E-state index in [-0.39, 0.29) is 12.8 Å². The van der Waals surface area contributed by atoms with Gasteiger partial charge in [0.05, 0.1) is 18.8 Å². The summed E-state index contributed by atoms with van der Waals surface area (Å²) in [5.74, 6) is -4.16. The van der Waals surface area contributed by atoms with Crippen molar-refractivity contribution in [1.82, 2.24) is 25.9 Å². The monoisotopic (exact) mass is 499 g/mol. The lowest BCUT2D eigenvalue weighted by atomic mass is 10.0. The summed E-state index contributed by atoms with van der Waals surface area (Å²) in [7, 11) is 0. The van der Waals surface area contributed by atoms with Gasteiger partial charge in [0, 0.05) is 18.3 Å². The van der Waals surface area contributed by atoms with E-state index in [4.69, 9.17) is 11.5 Å². The second kappa shape index (κ2) is 14.2. The van der Waals surface area contributed by atoms with Gasteiger partial charge in [-0.25, -0.2) is 9.78 Å². The van der Waals surface area contributed by atoms with Crippen molar-refractivity contribution < 1.29 is 29.1 Å². The number of carbonyl (C=O) groups is 5.